The quantitative estimate of drug-likeness (QED) is 0.722. The van der Waals surface area contributed by atoms with E-state index in [1.54, 1.807) is 0 Å². The van der Waals surface area contributed by atoms with E-state index in [2.05, 4.69) is 20.9 Å². The third kappa shape index (κ3) is 1.63. The number of thioether (sulfide) groups is 1. The summed E-state index contributed by atoms with van der Waals surface area (Å²) in [6.07, 6.45) is 5.05. The van der Waals surface area contributed by atoms with Gasteiger partial charge in [-0.05, 0) is 18.1 Å². The SMILES string of the molecule is c1cncc(C2CN=C3SCCCN32)c1. The zero-order chi connectivity index (χ0) is 10.1. The highest BCUT2D eigenvalue weighted by Crippen LogP contribution is 2.32. The lowest BCUT2D eigenvalue weighted by Crippen LogP contribution is -2.33. The molecule has 15 heavy (non-hydrogen) atoms. The summed E-state index contributed by atoms with van der Waals surface area (Å²) >= 11 is 1.89. The topological polar surface area (TPSA) is 28.5 Å². The highest BCUT2D eigenvalue weighted by molar-refractivity contribution is 8.13. The predicted molar refractivity (Wildman–Crippen MR) is 63.1 cm³/mol. The Kier molecular flexibility index (Phi) is 2.37. The Morgan fingerprint density at radius 3 is 3.33 bits per heavy atom. The van der Waals surface area contributed by atoms with Gasteiger partial charge in [-0.1, -0.05) is 17.8 Å². The lowest BCUT2D eigenvalue weighted by molar-refractivity contribution is 0.352. The van der Waals surface area contributed by atoms with E-state index in [-0.39, 0.29) is 0 Å². The molecular formula is C11H13N3S. The normalized spacial score (nSPS) is 24.9. The van der Waals surface area contributed by atoms with Gasteiger partial charge in [0.15, 0.2) is 5.17 Å². The van der Waals surface area contributed by atoms with Gasteiger partial charge in [0.1, 0.15) is 0 Å². The van der Waals surface area contributed by atoms with Crippen molar-refractivity contribution in [2.24, 2.45) is 4.99 Å². The Morgan fingerprint density at radius 2 is 2.47 bits per heavy atom. The molecule has 1 aromatic heterocycles. The van der Waals surface area contributed by atoms with E-state index in [9.17, 15) is 0 Å². The van der Waals surface area contributed by atoms with Crippen molar-refractivity contribution in [3.8, 4) is 0 Å². The van der Waals surface area contributed by atoms with E-state index in [4.69, 9.17) is 0 Å². The molecule has 1 unspecified atom stereocenters. The van der Waals surface area contributed by atoms with Gasteiger partial charge in [0.25, 0.3) is 0 Å². The van der Waals surface area contributed by atoms with Crippen LogP contribution in [0.1, 0.15) is 18.0 Å². The molecule has 0 N–H and O–H groups in total. The molecule has 0 amide bonds. The molecule has 2 aliphatic rings. The van der Waals surface area contributed by atoms with Crippen molar-refractivity contribution in [3.63, 3.8) is 0 Å². The number of amidine groups is 1. The molecule has 78 valence electrons. The summed E-state index contributed by atoms with van der Waals surface area (Å²) in [6.45, 7) is 2.04. The van der Waals surface area contributed by atoms with E-state index in [0.29, 0.717) is 6.04 Å². The second-order valence-corrected chi connectivity index (χ2v) is 4.88. The summed E-state index contributed by atoms with van der Waals surface area (Å²) in [5, 5.41) is 1.23. The monoisotopic (exact) mass is 219 g/mol. The van der Waals surface area contributed by atoms with Gasteiger partial charge in [0, 0.05) is 24.7 Å². The first kappa shape index (κ1) is 9.21. The third-order valence-electron chi connectivity index (χ3n) is 2.87. The first-order valence-electron chi connectivity index (χ1n) is 5.29. The van der Waals surface area contributed by atoms with Crippen molar-refractivity contribution in [3.05, 3.63) is 30.1 Å². The van der Waals surface area contributed by atoms with Crippen LogP contribution in [0.5, 0.6) is 0 Å². The summed E-state index contributed by atoms with van der Waals surface area (Å²) in [5.41, 5.74) is 1.29. The molecule has 1 saturated heterocycles. The first-order valence-corrected chi connectivity index (χ1v) is 6.27. The van der Waals surface area contributed by atoms with E-state index >= 15 is 0 Å². The van der Waals surface area contributed by atoms with Crippen LogP contribution in [0.2, 0.25) is 0 Å². The molecule has 1 fully saturated rings. The molecule has 1 aromatic rings. The van der Waals surface area contributed by atoms with Crippen LogP contribution in [0.15, 0.2) is 29.5 Å². The molecule has 0 aromatic carbocycles. The van der Waals surface area contributed by atoms with Crippen LogP contribution in [0.4, 0.5) is 0 Å². The molecule has 0 radical (unpaired) electrons. The first-order chi connectivity index (χ1) is 7.45. The average molecular weight is 219 g/mol. The van der Waals surface area contributed by atoms with Crippen molar-refractivity contribution < 1.29 is 0 Å². The maximum absolute atomic E-state index is 4.59. The Hall–Kier alpha value is -1.03. The highest BCUT2D eigenvalue weighted by Gasteiger charge is 2.30. The maximum Gasteiger partial charge on any atom is 0.159 e. The second-order valence-electron chi connectivity index (χ2n) is 3.82. The molecule has 0 saturated carbocycles. The molecular weight excluding hydrogens is 206 g/mol. The third-order valence-corrected chi connectivity index (χ3v) is 3.98. The van der Waals surface area contributed by atoms with Crippen LogP contribution in [0.3, 0.4) is 0 Å². The van der Waals surface area contributed by atoms with Crippen LogP contribution in [-0.2, 0) is 0 Å². The number of nitrogens with zero attached hydrogens (tertiary/aromatic N) is 3. The summed E-state index contributed by atoms with van der Waals surface area (Å²) in [4.78, 5) is 11.2. The summed E-state index contributed by atoms with van der Waals surface area (Å²) in [5.74, 6) is 1.22. The Bertz CT molecular complexity index is 377. The fourth-order valence-corrected chi connectivity index (χ4v) is 3.13. The van der Waals surface area contributed by atoms with Crippen molar-refractivity contribution in [2.75, 3.05) is 18.8 Å². The van der Waals surface area contributed by atoms with E-state index in [1.807, 2.05) is 30.2 Å². The van der Waals surface area contributed by atoms with Crippen molar-refractivity contribution >= 4 is 16.9 Å². The minimum Gasteiger partial charge on any atom is -0.342 e. The van der Waals surface area contributed by atoms with Gasteiger partial charge < -0.3 is 4.90 Å². The van der Waals surface area contributed by atoms with Crippen LogP contribution in [0.25, 0.3) is 0 Å². The molecule has 0 aliphatic carbocycles. The molecule has 3 heterocycles. The standard InChI is InChI=1S/C11H13N3S/c1-3-9(7-12-4-1)10-8-13-11-14(10)5-2-6-15-11/h1,3-4,7,10H,2,5-6,8H2. The molecule has 2 aliphatic heterocycles. The average Bonchev–Trinajstić information content (AvgIpc) is 2.74. The zero-order valence-corrected chi connectivity index (χ0v) is 9.28. The van der Waals surface area contributed by atoms with Gasteiger partial charge in [0.2, 0.25) is 0 Å². The molecule has 4 heteroatoms. The van der Waals surface area contributed by atoms with Crippen molar-refractivity contribution in [1.29, 1.82) is 0 Å². The minimum atomic E-state index is 0.432. The van der Waals surface area contributed by atoms with Gasteiger partial charge in [-0.15, -0.1) is 0 Å². The minimum absolute atomic E-state index is 0.432. The van der Waals surface area contributed by atoms with Gasteiger partial charge >= 0.3 is 0 Å². The summed E-state index contributed by atoms with van der Waals surface area (Å²) < 4.78 is 0. The fraction of sp³-hybridized carbons (Fsp3) is 0.455. The predicted octanol–water partition coefficient (Wildman–Crippen LogP) is 1.93. The van der Waals surface area contributed by atoms with Crippen LogP contribution in [0, 0.1) is 0 Å². The number of aromatic nitrogens is 1. The zero-order valence-electron chi connectivity index (χ0n) is 8.47. The molecule has 3 rings (SSSR count). The summed E-state index contributed by atoms with van der Waals surface area (Å²) in [6, 6.07) is 4.58. The van der Waals surface area contributed by atoms with Crippen molar-refractivity contribution in [2.45, 2.75) is 12.5 Å². The number of hydrogen-bond acceptors (Lipinski definition) is 4. The largest absolute Gasteiger partial charge is 0.342 e. The smallest absolute Gasteiger partial charge is 0.159 e. The highest BCUT2D eigenvalue weighted by atomic mass is 32.2. The summed E-state index contributed by atoms with van der Waals surface area (Å²) in [7, 11) is 0. The number of fused-ring (bicyclic) bond motifs is 1. The second kappa shape index (κ2) is 3.85. The Morgan fingerprint density at radius 1 is 1.47 bits per heavy atom. The number of aliphatic imine (C=N–C) groups is 1. The van der Waals surface area contributed by atoms with E-state index in [0.717, 1.165) is 13.1 Å². The number of rotatable bonds is 1. The van der Waals surface area contributed by atoms with E-state index < -0.39 is 0 Å². The van der Waals surface area contributed by atoms with E-state index in [1.165, 1.54) is 22.9 Å². The fourth-order valence-electron chi connectivity index (χ4n) is 2.12. The Balaban J connectivity index is 1.85. The molecule has 0 spiro atoms. The lowest BCUT2D eigenvalue weighted by Gasteiger charge is -2.30. The molecule has 0 bridgehead atoms. The van der Waals surface area contributed by atoms with Gasteiger partial charge in [-0.2, -0.15) is 0 Å². The molecule has 1 atom stereocenters. The van der Waals surface area contributed by atoms with Gasteiger partial charge in [0.05, 0.1) is 12.6 Å². The van der Waals surface area contributed by atoms with Gasteiger partial charge in [-0.25, -0.2) is 0 Å². The number of hydrogen-bond donors (Lipinski definition) is 0. The number of pyridine rings is 1. The Labute approximate surface area is 93.6 Å². The van der Waals surface area contributed by atoms with Crippen LogP contribution >= 0.6 is 11.8 Å². The lowest BCUT2D eigenvalue weighted by atomic mass is 10.1. The van der Waals surface area contributed by atoms with Crippen LogP contribution < -0.4 is 0 Å². The van der Waals surface area contributed by atoms with Gasteiger partial charge in [-0.3, -0.25) is 9.98 Å². The van der Waals surface area contributed by atoms with Crippen molar-refractivity contribution in [1.82, 2.24) is 9.88 Å². The van der Waals surface area contributed by atoms with Crippen LogP contribution in [-0.4, -0.2) is 33.9 Å². The molecule has 3 nitrogen and oxygen atoms in total. The maximum atomic E-state index is 4.59.